The lowest BCUT2D eigenvalue weighted by molar-refractivity contribution is 0.592. The maximum atomic E-state index is 6.01. The second-order valence-corrected chi connectivity index (χ2v) is 5.58. The molecule has 3 heteroatoms. The average Bonchev–Trinajstić information content (AvgIpc) is 2.37. The summed E-state index contributed by atoms with van der Waals surface area (Å²) >= 11 is 9.47. The number of rotatable bonds is 4. The van der Waals surface area contributed by atoms with Crippen molar-refractivity contribution in [1.82, 2.24) is 5.32 Å². The third-order valence-electron chi connectivity index (χ3n) is 2.95. The molecule has 0 radical (unpaired) electrons. The van der Waals surface area contributed by atoms with Crippen molar-refractivity contribution in [3.8, 4) is 0 Å². The highest BCUT2D eigenvalue weighted by Crippen LogP contribution is 2.21. The summed E-state index contributed by atoms with van der Waals surface area (Å²) in [6, 6.07) is 16.7. The molecule has 94 valence electrons. The van der Waals surface area contributed by atoms with Crippen LogP contribution < -0.4 is 5.32 Å². The van der Waals surface area contributed by atoms with E-state index < -0.39 is 0 Å². The smallest absolute Gasteiger partial charge is 0.0408 e. The van der Waals surface area contributed by atoms with Gasteiger partial charge in [0.1, 0.15) is 0 Å². The molecule has 1 nitrogen and oxygen atoms in total. The van der Waals surface area contributed by atoms with Gasteiger partial charge in [0.25, 0.3) is 0 Å². The van der Waals surface area contributed by atoms with Crippen LogP contribution in [0.5, 0.6) is 0 Å². The molecular formula is C15H15BrClN. The lowest BCUT2D eigenvalue weighted by atomic mass is 9.99. The Morgan fingerprint density at radius 2 is 1.89 bits per heavy atom. The van der Waals surface area contributed by atoms with Crippen molar-refractivity contribution < 1.29 is 0 Å². The molecule has 0 aromatic heterocycles. The van der Waals surface area contributed by atoms with Crippen molar-refractivity contribution in [2.75, 3.05) is 7.05 Å². The monoisotopic (exact) mass is 323 g/mol. The quantitative estimate of drug-likeness (QED) is 0.866. The minimum atomic E-state index is 0.302. The molecule has 0 aliphatic heterocycles. The van der Waals surface area contributed by atoms with Crippen LogP contribution in [0, 0.1) is 0 Å². The lowest BCUT2D eigenvalue weighted by Crippen LogP contribution is -2.18. The van der Waals surface area contributed by atoms with Gasteiger partial charge in [-0.1, -0.05) is 51.8 Å². The first-order valence-electron chi connectivity index (χ1n) is 5.86. The molecule has 2 aromatic rings. The number of benzene rings is 2. The summed E-state index contributed by atoms with van der Waals surface area (Å²) < 4.78 is 1.10. The predicted molar refractivity (Wildman–Crippen MR) is 81.1 cm³/mol. The molecule has 0 aliphatic rings. The van der Waals surface area contributed by atoms with Crippen LogP contribution in [0.15, 0.2) is 53.0 Å². The highest BCUT2D eigenvalue weighted by Gasteiger charge is 2.10. The molecule has 2 rings (SSSR count). The Bertz CT molecular complexity index is 510. The second-order valence-electron chi connectivity index (χ2n) is 4.23. The Labute approximate surface area is 121 Å². The summed E-state index contributed by atoms with van der Waals surface area (Å²) in [7, 11) is 1.98. The molecular weight excluding hydrogens is 310 g/mol. The average molecular weight is 325 g/mol. The van der Waals surface area contributed by atoms with Crippen LogP contribution >= 0.6 is 27.5 Å². The number of halogens is 2. The number of hydrogen-bond acceptors (Lipinski definition) is 1. The summed E-state index contributed by atoms with van der Waals surface area (Å²) in [4.78, 5) is 0. The van der Waals surface area contributed by atoms with Crippen LogP contribution in [0.1, 0.15) is 17.2 Å². The Hall–Kier alpha value is -0.830. The van der Waals surface area contributed by atoms with Gasteiger partial charge in [-0.2, -0.15) is 0 Å². The Morgan fingerprint density at radius 3 is 2.50 bits per heavy atom. The lowest BCUT2D eigenvalue weighted by Gasteiger charge is -2.17. The van der Waals surface area contributed by atoms with Crippen molar-refractivity contribution in [2.24, 2.45) is 0 Å². The number of likely N-dealkylation sites (N-methyl/N-ethyl adjacent to an activating group) is 1. The van der Waals surface area contributed by atoms with E-state index >= 15 is 0 Å². The van der Waals surface area contributed by atoms with E-state index in [1.807, 2.05) is 25.2 Å². The number of nitrogens with one attached hydrogen (secondary N) is 1. The van der Waals surface area contributed by atoms with Crippen LogP contribution in [-0.2, 0) is 6.42 Å². The zero-order chi connectivity index (χ0) is 13.0. The van der Waals surface area contributed by atoms with E-state index in [2.05, 4.69) is 51.6 Å². The van der Waals surface area contributed by atoms with Gasteiger partial charge in [0, 0.05) is 15.5 Å². The molecule has 0 fully saturated rings. The van der Waals surface area contributed by atoms with Crippen molar-refractivity contribution >= 4 is 27.5 Å². The highest BCUT2D eigenvalue weighted by molar-refractivity contribution is 9.10. The topological polar surface area (TPSA) is 12.0 Å². The van der Waals surface area contributed by atoms with Crippen LogP contribution in [-0.4, -0.2) is 7.05 Å². The van der Waals surface area contributed by atoms with Gasteiger partial charge in [0.2, 0.25) is 0 Å². The molecule has 0 heterocycles. The summed E-state index contributed by atoms with van der Waals surface area (Å²) in [5.41, 5.74) is 2.52. The molecule has 1 atom stereocenters. The minimum Gasteiger partial charge on any atom is -0.313 e. The first kappa shape index (κ1) is 13.6. The largest absolute Gasteiger partial charge is 0.313 e. The summed E-state index contributed by atoms with van der Waals surface area (Å²) in [6.07, 6.45) is 0.929. The molecule has 0 saturated heterocycles. The summed E-state index contributed by atoms with van der Waals surface area (Å²) in [5, 5.41) is 4.14. The predicted octanol–water partition coefficient (Wildman–Crippen LogP) is 4.61. The van der Waals surface area contributed by atoms with E-state index in [1.165, 1.54) is 11.1 Å². The van der Waals surface area contributed by atoms with Gasteiger partial charge in [-0.15, -0.1) is 0 Å². The van der Waals surface area contributed by atoms with Gasteiger partial charge in [-0.25, -0.2) is 0 Å². The molecule has 0 amide bonds. The molecule has 0 bridgehead atoms. The fraction of sp³-hybridized carbons (Fsp3) is 0.200. The molecule has 18 heavy (non-hydrogen) atoms. The molecule has 0 aliphatic carbocycles. The molecule has 2 aromatic carbocycles. The van der Waals surface area contributed by atoms with Crippen LogP contribution in [0.25, 0.3) is 0 Å². The molecule has 0 spiro atoms. The van der Waals surface area contributed by atoms with Crippen LogP contribution in [0.2, 0.25) is 5.02 Å². The van der Waals surface area contributed by atoms with Crippen molar-refractivity contribution in [3.63, 3.8) is 0 Å². The Kier molecular flexibility index (Phi) is 4.81. The van der Waals surface area contributed by atoms with Gasteiger partial charge in [-0.3, -0.25) is 0 Å². The summed E-state index contributed by atoms with van der Waals surface area (Å²) in [5.74, 6) is 0. The standard InChI is InChI=1S/C15H15BrClN/c1-18-15(12-5-7-13(16)8-6-12)10-11-3-2-4-14(17)9-11/h2-9,15,18H,10H2,1H3. The van der Waals surface area contributed by atoms with Gasteiger partial charge in [-0.05, 0) is 48.9 Å². The Morgan fingerprint density at radius 1 is 1.17 bits per heavy atom. The van der Waals surface area contributed by atoms with E-state index in [9.17, 15) is 0 Å². The van der Waals surface area contributed by atoms with Gasteiger partial charge >= 0.3 is 0 Å². The second kappa shape index (κ2) is 6.37. The zero-order valence-corrected chi connectivity index (χ0v) is 12.5. The van der Waals surface area contributed by atoms with E-state index in [1.54, 1.807) is 0 Å². The van der Waals surface area contributed by atoms with Crippen LogP contribution in [0.3, 0.4) is 0 Å². The molecule has 1 unspecified atom stereocenters. The van der Waals surface area contributed by atoms with Crippen LogP contribution in [0.4, 0.5) is 0 Å². The highest BCUT2D eigenvalue weighted by atomic mass is 79.9. The van der Waals surface area contributed by atoms with E-state index in [0.29, 0.717) is 6.04 Å². The zero-order valence-electron chi connectivity index (χ0n) is 10.2. The molecule has 1 N–H and O–H groups in total. The third-order valence-corrected chi connectivity index (χ3v) is 3.71. The van der Waals surface area contributed by atoms with E-state index in [-0.39, 0.29) is 0 Å². The van der Waals surface area contributed by atoms with Gasteiger partial charge in [0.15, 0.2) is 0 Å². The maximum Gasteiger partial charge on any atom is 0.0408 e. The van der Waals surface area contributed by atoms with Gasteiger partial charge in [0.05, 0.1) is 0 Å². The third kappa shape index (κ3) is 3.58. The first-order valence-corrected chi connectivity index (χ1v) is 7.03. The molecule has 0 saturated carbocycles. The Balaban J connectivity index is 2.17. The fourth-order valence-corrected chi connectivity index (χ4v) is 2.46. The van der Waals surface area contributed by atoms with E-state index in [4.69, 9.17) is 11.6 Å². The fourth-order valence-electron chi connectivity index (χ4n) is 1.98. The normalized spacial score (nSPS) is 12.4. The van der Waals surface area contributed by atoms with Crippen molar-refractivity contribution in [2.45, 2.75) is 12.5 Å². The SMILES string of the molecule is CNC(Cc1cccc(Cl)c1)c1ccc(Br)cc1. The van der Waals surface area contributed by atoms with Crippen molar-refractivity contribution in [1.29, 1.82) is 0 Å². The minimum absolute atomic E-state index is 0.302. The first-order chi connectivity index (χ1) is 8.69. The van der Waals surface area contributed by atoms with Gasteiger partial charge < -0.3 is 5.32 Å². The van der Waals surface area contributed by atoms with E-state index in [0.717, 1.165) is 15.9 Å². The number of hydrogen-bond donors (Lipinski definition) is 1. The van der Waals surface area contributed by atoms with Crippen molar-refractivity contribution in [3.05, 3.63) is 69.2 Å². The summed E-state index contributed by atoms with van der Waals surface area (Å²) in [6.45, 7) is 0. The maximum absolute atomic E-state index is 6.01.